The van der Waals surface area contributed by atoms with Crippen LogP contribution in [0.15, 0.2) is 24.4 Å². The van der Waals surface area contributed by atoms with E-state index in [0.29, 0.717) is 13.1 Å². The zero-order valence-corrected chi connectivity index (χ0v) is 9.31. The number of benzene rings is 1. The van der Waals surface area contributed by atoms with Crippen LogP contribution in [0.2, 0.25) is 0 Å². The van der Waals surface area contributed by atoms with Crippen molar-refractivity contribution in [3.8, 4) is 0 Å². The van der Waals surface area contributed by atoms with E-state index in [9.17, 15) is 13.6 Å². The van der Waals surface area contributed by atoms with Crippen molar-refractivity contribution in [1.82, 2.24) is 15.0 Å². The number of halogens is 2. The third kappa shape index (κ3) is 2.40. The van der Waals surface area contributed by atoms with Crippen LogP contribution < -0.4 is 5.73 Å². The van der Waals surface area contributed by atoms with E-state index < -0.39 is 17.4 Å². The second-order valence-electron chi connectivity index (χ2n) is 3.61. The molecule has 0 saturated heterocycles. The largest absolute Gasteiger partial charge is 0.329 e. The Labute approximate surface area is 101 Å². The van der Waals surface area contributed by atoms with Gasteiger partial charge < -0.3 is 5.73 Å². The van der Waals surface area contributed by atoms with Gasteiger partial charge >= 0.3 is 0 Å². The predicted molar refractivity (Wildman–Crippen MR) is 58.9 cm³/mol. The molecule has 2 N–H and O–H groups in total. The van der Waals surface area contributed by atoms with E-state index in [4.69, 9.17) is 5.73 Å². The van der Waals surface area contributed by atoms with E-state index in [1.54, 1.807) is 0 Å². The first kappa shape index (κ1) is 12.3. The van der Waals surface area contributed by atoms with E-state index in [1.807, 2.05) is 0 Å². The molecular formula is C11H10F2N4O. The Morgan fingerprint density at radius 1 is 1.39 bits per heavy atom. The molecule has 0 amide bonds. The van der Waals surface area contributed by atoms with E-state index >= 15 is 0 Å². The Morgan fingerprint density at radius 2 is 2.17 bits per heavy atom. The topological polar surface area (TPSA) is 73.8 Å². The molecule has 0 spiro atoms. The highest BCUT2D eigenvalue weighted by Crippen LogP contribution is 2.13. The van der Waals surface area contributed by atoms with Gasteiger partial charge in [-0.25, -0.2) is 8.78 Å². The number of rotatable bonds is 4. The summed E-state index contributed by atoms with van der Waals surface area (Å²) in [5, 5.41) is 7.25. The van der Waals surface area contributed by atoms with Crippen molar-refractivity contribution in [3.05, 3.63) is 47.3 Å². The predicted octanol–water partition coefficient (Wildman–Crippen LogP) is 0.746. The Bertz CT molecular complexity index is 582. The average molecular weight is 252 g/mol. The van der Waals surface area contributed by atoms with Gasteiger partial charge in [-0.15, -0.1) is 5.10 Å². The molecule has 1 aromatic carbocycles. The van der Waals surface area contributed by atoms with Crippen LogP contribution in [0.3, 0.4) is 0 Å². The molecule has 0 atom stereocenters. The smallest absolute Gasteiger partial charge is 0.217 e. The van der Waals surface area contributed by atoms with Gasteiger partial charge in [0, 0.05) is 6.54 Å². The lowest BCUT2D eigenvalue weighted by molar-refractivity contribution is 0.103. The minimum atomic E-state index is -0.797. The molecule has 2 rings (SSSR count). The number of aromatic nitrogens is 3. The molecule has 1 heterocycles. The average Bonchev–Trinajstić information content (AvgIpc) is 2.80. The van der Waals surface area contributed by atoms with E-state index in [1.165, 1.54) is 10.9 Å². The summed E-state index contributed by atoms with van der Waals surface area (Å²) >= 11 is 0. The van der Waals surface area contributed by atoms with Crippen molar-refractivity contribution >= 4 is 5.78 Å². The summed E-state index contributed by atoms with van der Waals surface area (Å²) in [6.07, 6.45) is 1.35. The summed E-state index contributed by atoms with van der Waals surface area (Å²) < 4.78 is 27.7. The maximum absolute atomic E-state index is 13.4. The van der Waals surface area contributed by atoms with Crippen LogP contribution in [0, 0.1) is 11.6 Å². The SMILES string of the molecule is NCCn1cc(C(=O)c2cc(F)ccc2F)nn1. The fraction of sp³-hybridized carbons (Fsp3) is 0.182. The van der Waals surface area contributed by atoms with Crippen LogP contribution >= 0.6 is 0 Å². The van der Waals surface area contributed by atoms with Crippen molar-refractivity contribution in [1.29, 1.82) is 0 Å². The molecule has 0 unspecified atom stereocenters. The number of ketones is 1. The van der Waals surface area contributed by atoms with E-state index in [2.05, 4.69) is 10.3 Å². The summed E-state index contributed by atoms with van der Waals surface area (Å²) in [6, 6.07) is 2.67. The molecule has 18 heavy (non-hydrogen) atoms. The molecule has 1 aromatic heterocycles. The molecule has 0 radical (unpaired) electrons. The van der Waals surface area contributed by atoms with Gasteiger partial charge in [0.25, 0.3) is 0 Å². The minimum Gasteiger partial charge on any atom is -0.329 e. The van der Waals surface area contributed by atoms with Crippen LogP contribution in [-0.4, -0.2) is 27.3 Å². The summed E-state index contributed by atoms with van der Waals surface area (Å²) in [5.74, 6) is -2.20. The van der Waals surface area contributed by atoms with Gasteiger partial charge in [0.05, 0.1) is 18.3 Å². The minimum absolute atomic E-state index is 0.0482. The van der Waals surface area contributed by atoms with Crippen LogP contribution in [0.25, 0.3) is 0 Å². The summed E-state index contributed by atoms with van der Waals surface area (Å²) in [7, 11) is 0. The molecule has 0 saturated carbocycles. The van der Waals surface area contributed by atoms with E-state index in [-0.39, 0.29) is 11.3 Å². The monoisotopic (exact) mass is 252 g/mol. The van der Waals surface area contributed by atoms with Gasteiger partial charge in [-0.3, -0.25) is 9.48 Å². The van der Waals surface area contributed by atoms with Crippen LogP contribution in [0.1, 0.15) is 16.1 Å². The quantitative estimate of drug-likeness (QED) is 0.815. The van der Waals surface area contributed by atoms with Gasteiger partial charge in [-0.05, 0) is 18.2 Å². The molecule has 0 aliphatic rings. The number of nitrogens with two attached hydrogens (primary N) is 1. The fourth-order valence-electron chi connectivity index (χ4n) is 1.45. The van der Waals surface area contributed by atoms with Crippen LogP contribution in [0.5, 0.6) is 0 Å². The highest BCUT2D eigenvalue weighted by Gasteiger charge is 2.18. The Hall–Kier alpha value is -2.15. The fourth-order valence-corrected chi connectivity index (χ4v) is 1.45. The number of carbonyl (C=O) groups excluding carboxylic acids is 1. The second-order valence-corrected chi connectivity index (χ2v) is 3.61. The van der Waals surface area contributed by atoms with Crippen molar-refractivity contribution in [2.24, 2.45) is 5.73 Å². The third-order valence-corrected chi connectivity index (χ3v) is 2.30. The Balaban J connectivity index is 2.32. The molecule has 0 aliphatic heterocycles. The van der Waals surface area contributed by atoms with Gasteiger partial charge in [0.1, 0.15) is 11.6 Å². The number of nitrogens with zero attached hydrogens (tertiary/aromatic N) is 3. The van der Waals surface area contributed by atoms with Gasteiger partial charge in [-0.1, -0.05) is 5.21 Å². The van der Waals surface area contributed by atoms with Crippen LogP contribution in [0.4, 0.5) is 8.78 Å². The Kier molecular flexibility index (Phi) is 3.42. The molecule has 0 fully saturated rings. The van der Waals surface area contributed by atoms with Gasteiger partial charge in [-0.2, -0.15) is 0 Å². The molecule has 7 heteroatoms. The lowest BCUT2D eigenvalue weighted by atomic mass is 10.1. The molecule has 2 aromatic rings. The standard InChI is InChI=1S/C11H10F2N4O/c12-7-1-2-9(13)8(5-7)11(18)10-6-17(4-3-14)16-15-10/h1-2,5-6H,3-4,14H2. The summed E-state index contributed by atoms with van der Waals surface area (Å²) in [4.78, 5) is 11.9. The normalized spacial score (nSPS) is 10.6. The van der Waals surface area contributed by atoms with Gasteiger partial charge in [0.2, 0.25) is 5.78 Å². The van der Waals surface area contributed by atoms with Crippen molar-refractivity contribution < 1.29 is 13.6 Å². The molecule has 0 aliphatic carbocycles. The zero-order valence-electron chi connectivity index (χ0n) is 9.31. The first-order valence-electron chi connectivity index (χ1n) is 5.22. The van der Waals surface area contributed by atoms with Crippen molar-refractivity contribution in [3.63, 3.8) is 0 Å². The first-order valence-corrected chi connectivity index (χ1v) is 5.22. The summed E-state index contributed by atoms with van der Waals surface area (Å²) in [5.41, 5.74) is 4.90. The second kappa shape index (κ2) is 5.01. The maximum Gasteiger partial charge on any atom is 0.217 e. The van der Waals surface area contributed by atoms with Crippen molar-refractivity contribution in [2.45, 2.75) is 6.54 Å². The lowest BCUT2D eigenvalue weighted by Gasteiger charge is -1.99. The third-order valence-electron chi connectivity index (χ3n) is 2.30. The highest BCUT2D eigenvalue weighted by atomic mass is 19.1. The van der Waals surface area contributed by atoms with Crippen LogP contribution in [-0.2, 0) is 6.54 Å². The number of hydrogen-bond acceptors (Lipinski definition) is 4. The molecular weight excluding hydrogens is 242 g/mol. The maximum atomic E-state index is 13.4. The van der Waals surface area contributed by atoms with E-state index in [0.717, 1.165) is 18.2 Å². The first-order chi connectivity index (χ1) is 8.61. The molecule has 94 valence electrons. The van der Waals surface area contributed by atoms with Crippen molar-refractivity contribution in [2.75, 3.05) is 6.54 Å². The lowest BCUT2D eigenvalue weighted by Crippen LogP contribution is -2.10. The molecule has 5 nitrogen and oxygen atoms in total. The zero-order chi connectivity index (χ0) is 13.1. The summed E-state index contributed by atoms with van der Waals surface area (Å²) in [6.45, 7) is 0.733. The Morgan fingerprint density at radius 3 is 2.89 bits per heavy atom. The highest BCUT2D eigenvalue weighted by molar-refractivity contribution is 6.07. The molecule has 0 bridgehead atoms. The van der Waals surface area contributed by atoms with Gasteiger partial charge in [0.15, 0.2) is 5.69 Å². The number of carbonyl (C=O) groups is 1. The number of hydrogen-bond donors (Lipinski definition) is 1.